The van der Waals surface area contributed by atoms with Crippen LogP contribution in [-0.2, 0) is 19.1 Å². The molecule has 0 bridgehead atoms. The lowest BCUT2D eigenvalue weighted by Crippen LogP contribution is -2.51. The molecule has 7 rings (SSSR count). The van der Waals surface area contributed by atoms with Crippen LogP contribution in [0.4, 0.5) is 4.79 Å². The Morgan fingerprint density at radius 2 is 1.25 bits per heavy atom. The van der Waals surface area contributed by atoms with Crippen molar-refractivity contribution in [3.63, 3.8) is 0 Å². The van der Waals surface area contributed by atoms with Crippen molar-refractivity contribution in [1.82, 2.24) is 40.4 Å². The number of carbonyl (C=O) groups is 4. The van der Waals surface area contributed by atoms with Gasteiger partial charge in [0.15, 0.2) is 0 Å². The first-order valence-corrected chi connectivity index (χ1v) is 20.2. The Kier molecular flexibility index (Phi) is 11.3. The van der Waals surface area contributed by atoms with Crippen LogP contribution >= 0.6 is 11.3 Å². The summed E-state index contributed by atoms with van der Waals surface area (Å²) in [5.41, 5.74) is 3.90. The second-order valence-electron chi connectivity index (χ2n) is 15.5. The minimum atomic E-state index is -0.683. The van der Waals surface area contributed by atoms with Gasteiger partial charge in [0, 0.05) is 30.5 Å². The van der Waals surface area contributed by atoms with Crippen LogP contribution in [0, 0.1) is 11.8 Å². The van der Waals surface area contributed by atoms with Crippen LogP contribution in [0.1, 0.15) is 84.0 Å². The van der Waals surface area contributed by atoms with Crippen molar-refractivity contribution in [3.05, 3.63) is 72.6 Å². The number of aromatic amines is 2. The highest BCUT2D eigenvalue weighted by atomic mass is 32.1. The fraction of sp³-hybridized carbons (Fsp3) is 0.429. The van der Waals surface area contributed by atoms with E-state index < -0.39 is 18.2 Å². The fourth-order valence-electron chi connectivity index (χ4n) is 7.91. The number of alkyl carbamates (subject to hydrolysis) is 1. The fourth-order valence-corrected chi connectivity index (χ4v) is 8.87. The Bertz CT molecular complexity index is 2240. The first-order chi connectivity index (χ1) is 26.9. The molecule has 5 aromatic rings. The highest BCUT2D eigenvalue weighted by molar-refractivity contribution is 7.18. The quantitative estimate of drug-likeness (QED) is 0.110. The van der Waals surface area contributed by atoms with Crippen LogP contribution in [0.15, 0.2) is 60.9 Å². The Hall–Kier alpha value is -5.50. The molecule has 0 radical (unpaired) electrons. The standard InChI is InChI=1S/C42H50N8O5S/c1-23(2)36(45-25(5)51)40(52)49-17-7-9-32(49)38-43-21-30(46-38)28-13-11-27-20-29(14-12-26(27)19-28)34-15-16-35(56-34)31-22-44-39(47-31)33-10-8-18-50(33)41(53)37(24(3)4)48-42(54)55-6/h11-16,19-24,32-33,36-37H,7-10,17-18H2,1-6H3,(H,43,46)(H,44,47)(H,45,51)(H,48,54). The predicted molar refractivity (Wildman–Crippen MR) is 216 cm³/mol. The molecule has 2 aliphatic rings. The Labute approximate surface area is 330 Å². The number of aromatic nitrogens is 4. The maximum atomic E-state index is 13.6. The summed E-state index contributed by atoms with van der Waals surface area (Å²) >= 11 is 1.68. The Balaban J connectivity index is 1.04. The Morgan fingerprint density at radius 1 is 0.732 bits per heavy atom. The van der Waals surface area contributed by atoms with Crippen molar-refractivity contribution >= 4 is 45.9 Å². The number of methoxy groups -OCH3 is 1. The number of carbonyl (C=O) groups excluding carboxylic acids is 4. The maximum Gasteiger partial charge on any atom is 0.407 e. The summed E-state index contributed by atoms with van der Waals surface area (Å²) in [6, 6.07) is 15.4. The van der Waals surface area contributed by atoms with Crippen LogP contribution < -0.4 is 10.6 Å². The van der Waals surface area contributed by atoms with E-state index >= 15 is 0 Å². The van der Waals surface area contributed by atoms with E-state index in [1.165, 1.54) is 14.0 Å². The van der Waals surface area contributed by atoms with E-state index in [9.17, 15) is 19.2 Å². The third-order valence-electron chi connectivity index (χ3n) is 10.9. The van der Waals surface area contributed by atoms with Crippen LogP contribution in [0.3, 0.4) is 0 Å². The molecule has 4 atom stereocenters. The van der Waals surface area contributed by atoms with E-state index in [0.29, 0.717) is 13.1 Å². The summed E-state index contributed by atoms with van der Waals surface area (Å²) in [7, 11) is 1.29. The summed E-state index contributed by atoms with van der Waals surface area (Å²) in [5, 5.41) is 7.75. The normalized spacial score (nSPS) is 18.1. The molecule has 2 saturated heterocycles. The number of thiophene rings is 1. The lowest BCUT2D eigenvalue weighted by atomic mass is 10.0. The van der Waals surface area contributed by atoms with Gasteiger partial charge in [0.2, 0.25) is 17.7 Å². The van der Waals surface area contributed by atoms with Gasteiger partial charge in [-0.05, 0) is 78.1 Å². The summed E-state index contributed by atoms with van der Waals surface area (Å²) < 4.78 is 4.77. The van der Waals surface area contributed by atoms with Gasteiger partial charge in [0.1, 0.15) is 23.7 Å². The summed E-state index contributed by atoms with van der Waals surface area (Å²) in [4.78, 5) is 73.1. The molecule has 56 heavy (non-hydrogen) atoms. The highest BCUT2D eigenvalue weighted by Crippen LogP contribution is 2.38. The van der Waals surface area contributed by atoms with E-state index in [1.807, 2.05) is 49.9 Å². The molecular formula is C42H50N8O5S. The maximum absolute atomic E-state index is 13.6. The average molecular weight is 779 g/mol. The van der Waals surface area contributed by atoms with Crippen LogP contribution in [0.5, 0.6) is 0 Å². The molecule has 13 nitrogen and oxygen atoms in total. The topological polar surface area (TPSA) is 165 Å². The van der Waals surface area contributed by atoms with Gasteiger partial charge in [0.25, 0.3) is 0 Å². The molecule has 0 saturated carbocycles. The van der Waals surface area contributed by atoms with Crippen molar-refractivity contribution in [2.45, 2.75) is 84.5 Å². The van der Waals surface area contributed by atoms with Crippen molar-refractivity contribution in [1.29, 1.82) is 0 Å². The lowest BCUT2D eigenvalue weighted by Gasteiger charge is -2.30. The molecular weight excluding hydrogens is 729 g/mol. The van der Waals surface area contributed by atoms with Gasteiger partial charge < -0.3 is 35.1 Å². The molecule has 0 aliphatic carbocycles. The Morgan fingerprint density at radius 3 is 1.82 bits per heavy atom. The minimum absolute atomic E-state index is 0.0269. The van der Waals surface area contributed by atoms with E-state index in [4.69, 9.17) is 14.7 Å². The molecule has 0 spiro atoms. The number of hydrogen-bond acceptors (Lipinski definition) is 8. The SMILES string of the molecule is COC(=O)NC(C(=O)N1CCCC1c1ncc(-c2ccc(-c3ccc4cc(-c5cnc(C6CCCN6C(=O)C(NC(C)=O)C(C)C)[nH]5)ccc4c3)s2)[nH]1)C(C)C. The summed E-state index contributed by atoms with van der Waals surface area (Å²) in [5.74, 6) is 0.954. The number of likely N-dealkylation sites (tertiary alicyclic amines) is 2. The number of amides is 4. The van der Waals surface area contributed by atoms with Gasteiger partial charge in [-0.3, -0.25) is 14.4 Å². The zero-order valence-electron chi connectivity index (χ0n) is 32.7. The molecule has 2 fully saturated rings. The second-order valence-corrected chi connectivity index (χ2v) is 16.5. The van der Waals surface area contributed by atoms with Gasteiger partial charge in [-0.25, -0.2) is 14.8 Å². The van der Waals surface area contributed by atoms with Crippen LogP contribution in [0.25, 0.3) is 43.0 Å². The number of nitrogens with one attached hydrogen (secondary N) is 4. The number of imidazole rings is 2. The van der Waals surface area contributed by atoms with Crippen LogP contribution in [-0.4, -0.2) is 85.8 Å². The van der Waals surface area contributed by atoms with Crippen LogP contribution in [0.2, 0.25) is 0 Å². The molecule has 4 N–H and O–H groups in total. The van der Waals surface area contributed by atoms with Gasteiger partial charge in [-0.2, -0.15) is 0 Å². The zero-order valence-corrected chi connectivity index (χ0v) is 33.5. The molecule has 3 aromatic heterocycles. The highest BCUT2D eigenvalue weighted by Gasteiger charge is 2.38. The van der Waals surface area contributed by atoms with Gasteiger partial charge in [-0.15, -0.1) is 11.3 Å². The predicted octanol–water partition coefficient (Wildman–Crippen LogP) is 7.22. The summed E-state index contributed by atoms with van der Waals surface area (Å²) in [6.45, 7) is 10.4. The average Bonchev–Trinajstić information content (AvgIpc) is 4.03. The van der Waals surface area contributed by atoms with E-state index in [0.717, 1.165) is 80.4 Å². The number of rotatable bonds is 11. The van der Waals surface area contributed by atoms with E-state index in [2.05, 4.69) is 69.1 Å². The van der Waals surface area contributed by atoms with Crippen molar-refractivity contribution < 1.29 is 23.9 Å². The largest absolute Gasteiger partial charge is 0.453 e. The molecule has 2 aromatic carbocycles. The number of fused-ring (bicyclic) bond motifs is 1. The van der Waals surface area contributed by atoms with Crippen molar-refractivity contribution in [2.75, 3.05) is 20.2 Å². The number of ether oxygens (including phenoxy) is 1. The smallest absolute Gasteiger partial charge is 0.407 e. The number of nitrogens with zero attached hydrogens (tertiary/aromatic N) is 4. The molecule has 2 aliphatic heterocycles. The molecule has 5 heterocycles. The van der Waals surface area contributed by atoms with Gasteiger partial charge >= 0.3 is 6.09 Å². The monoisotopic (exact) mass is 778 g/mol. The van der Waals surface area contributed by atoms with Crippen molar-refractivity contribution in [3.8, 4) is 32.3 Å². The third-order valence-corrected chi connectivity index (χ3v) is 12.1. The first kappa shape index (κ1) is 38.8. The number of H-pyrrole nitrogens is 2. The first-order valence-electron chi connectivity index (χ1n) is 19.4. The lowest BCUT2D eigenvalue weighted by molar-refractivity contribution is -0.138. The summed E-state index contributed by atoms with van der Waals surface area (Å²) in [6.07, 6.45) is 6.38. The van der Waals surface area contributed by atoms with E-state index in [-0.39, 0.29) is 41.6 Å². The molecule has 4 unspecified atom stereocenters. The van der Waals surface area contributed by atoms with Gasteiger partial charge in [0.05, 0.1) is 47.9 Å². The molecule has 14 heteroatoms. The second kappa shape index (κ2) is 16.3. The molecule has 294 valence electrons. The van der Waals surface area contributed by atoms with E-state index in [1.54, 1.807) is 11.3 Å². The minimum Gasteiger partial charge on any atom is -0.453 e. The zero-order chi connectivity index (χ0) is 39.7. The molecule has 4 amide bonds. The number of benzene rings is 2. The van der Waals surface area contributed by atoms with Gasteiger partial charge in [-0.1, -0.05) is 52.0 Å². The number of hydrogen-bond donors (Lipinski definition) is 4. The third kappa shape index (κ3) is 7.93. The van der Waals surface area contributed by atoms with Crippen molar-refractivity contribution in [2.24, 2.45) is 11.8 Å².